The largest absolute Gasteiger partial charge is 0.389 e. The Bertz CT molecular complexity index is 576. The van der Waals surface area contributed by atoms with Crippen molar-refractivity contribution in [1.82, 2.24) is 0 Å². The third-order valence-corrected chi connectivity index (χ3v) is 3.56. The second-order valence-corrected chi connectivity index (χ2v) is 4.71. The van der Waals surface area contributed by atoms with Crippen molar-refractivity contribution in [2.24, 2.45) is 0 Å². The number of nitrogen functional groups attached to an aromatic ring is 1. The van der Waals surface area contributed by atoms with E-state index in [0.29, 0.717) is 10.6 Å². The van der Waals surface area contributed by atoms with Gasteiger partial charge in [-0.15, -0.1) is 11.3 Å². The zero-order valence-corrected chi connectivity index (χ0v) is 10.1. The fourth-order valence-electron chi connectivity index (χ4n) is 1.61. The maximum atomic E-state index is 9.05. The summed E-state index contributed by atoms with van der Waals surface area (Å²) in [6.45, 7) is 4.15. The lowest BCUT2D eigenvalue weighted by Gasteiger charge is -2.04. The van der Waals surface area contributed by atoms with Crippen LogP contribution in [0, 0.1) is 25.2 Å². The summed E-state index contributed by atoms with van der Waals surface area (Å²) in [6, 6.07) is 8.36. The molecule has 0 bridgehead atoms. The molecule has 2 rings (SSSR count). The molecule has 2 N–H and O–H groups in total. The molecule has 1 heterocycles. The molecule has 16 heavy (non-hydrogen) atoms. The highest BCUT2D eigenvalue weighted by Gasteiger charge is 2.10. The minimum absolute atomic E-state index is 0.591. The molecule has 0 spiro atoms. The third-order valence-electron chi connectivity index (χ3n) is 2.75. The minimum atomic E-state index is 0.591. The maximum Gasteiger partial charge on any atom is 0.104 e. The summed E-state index contributed by atoms with van der Waals surface area (Å²) in [5.74, 6) is 0. The molecule has 0 aliphatic carbocycles. The van der Waals surface area contributed by atoms with Crippen molar-refractivity contribution >= 4 is 16.3 Å². The van der Waals surface area contributed by atoms with Crippen molar-refractivity contribution in [2.75, 3.05) is 5.73 Å². The average Bonchev–Trinajstić information content (AvgIpc) is 2.63. The van der Waals surface area contributed by atoms with Crippen molar-refractivity contribution in [3.8, 4) is 17.2 Å². The first-order valence-corrected chi connectivity index (χ1v) is 5.86. The second kappa shape index (κ2) is 3.99. The number of thiophene rings is 1. The van der Waals surface area contributed by atoms with Gasteiger partial charge < -0.3 is 5.73 Å². The highest BCUT2D eigenvalue weighted by molar-refractivity contribution is 7.14. The van der Waals surface area contributed by atoms with Crippen LogP contribution in [0.2, 0.25) is 0 Å². The van der Waals surface area contributed by atoms with E-state index in [9.17, 15) is 0 Å². The molecule has 0 amide bonds. The Balaban J connectivity index is 2.60. The van der Waals surface area contributed by atoms with Crippen molar-refractivity contribution in [2.45, 2.75) is 13.8 Å². The van der Waals surface area contributed by atoms with E-state index in [2.05, 4.69) is 32.0 Å². The van der Waals surface area contributed by atoms with Crippen LogP contribution in [0.1, 0.15) is 16.7 Å². The molecule has 80 valence electrons. The number of anilines is 1. The van der Waals surface area contributed by atoms with Crippen LogP contribution in [0.3, 0.4) is 0 Å². The molecule has 0 radical (unpaired) electrons. The summed E-state index contributed by atoms with van der Waals surface area (Å²) < 4.78 is 0. The van der Waals surface area contributed by atoms with Gasteiger partial charge in [-0.2, -0.15) is 5.26 Å². The first-order valence-electron chi connectivity index (χ1n) is 4.98. The summed E-state index contributed by atoms with van der Waals surface area (Å²) in [6.07, 6.45) is 0. The van der Waals surface area contributed by atoms with E-state index < -0.39 is 0 Å². The van der Waals surface area contributed by atoms with E-state index in [1.54, 1.807) is 0 Å². The monoisotopic (exact) mass is 228 g/mol. The zero-order valence-electron chi connectivity index (χ0n) is 9.24. The molecule has 0 saturated heterocycles. The van der Waals surface area contributed by atoms with Gasteiger partial charge in [0.25, 0.3) is 0 Å². The van der Waals surface area contributed by atoms with Gasteiger partial charge in [-0.25, -0.2) is 0 Å². The lowest BCUT2D eigenvalue weighted by atomic mass is 10.00. The normalized spacial score (nSPS) is 10.1. The van der Waals surface area contributed by atoms with Gasteiger partial charge in [0, 0.05) is 10.9 Å². The van der Waals surface area contributed by atoms with Gasteiger partial charge in [0.2, 0.25) is 0 Å². The summed E-state index contributed by atoms with van der Waals surface area (Å²) in [5, 5.41) is 11.6. The molecular formula is C13H12N2S. The van der Waals surface area contributed by atoms with E-state index in [0.717, 1.165) is 11.1 Å². The lowest BCUT2D eigenvalue weighted by molar-refractivity contribution is 1.34. The fourth-order valence-corrected chi connectivity index (χ4v) is 2.38. The predicted octanol–water partition coefficient (Wildman–Crippen LogP) is 3.49. The molecule has 2 aromatic rings. The molecule has 0 fully saturated rings. The third kappa shape index (κ3) is 1.68. The Morgan fingerprint density at radius 2 is 2.00 bits per heavy atom. The summed E-state index contributed by atoms with van der Waals surface area (Å²) in [5.41, 5.74) is 10.8. The van der Waals surface area contributed by atoms with E-state index in [-0.39, 0.29) is 0 Å². The SMILES string of the molecule is Cc1ccc(-c2csc(N)c2C#N)cc1C. The van der Waals surface area contributed by atoms with E-state index in [1.807, 2.05) is 11.4 Å². The van der Waals surface area contributed by atoms with Gasteiger partial charge in [-0.05, 0) is 30.5 Å². The van der Waals surface area contributed by atoms with E-state index in [4.69, 9.17) is 11.0 Å². The van der Waals surface area contributed by atoms with Crippen molar-refractivity contribution in [3.05, 3.63) is 40.3 Å². The van der Waals surface area contributed by atoms with Crippen LogP contribution >= 0.6 is 11.3 Å². The zero-order chi connectivity index (χ0) is 11.7. The number of hydrogen-bond acceptors (Lipinski definition) is 3. The van der Waals surface area contributed by atoms with Crippen molar-refractivity contribution in [1.29, 1.82) is 5.26 Å². The summed E-state index contributed by atoms with van der Waals surface area (Å²) >= 11 is 1.42. The molecule has 0 aliphatic rings. The number of rotatable bonds is 1. The minimum Gasteiger partial charge on any atom is -0.389 e. The second-order valence-electron chi connectivity index (χ2n) is 3.80. The molecule has 0 unspecified atom stereocenters. The van der Waals surface area contributed by atoms with Gasteiger partial charge in [0.05, 0.1) is 5.56 Å². The van der Waals surface area contributed by atoms with Crippen molar-refractivity contribution in [3.63, 3.8) is 0 Å². The fraction of sp³-hybridized carbons (Fsp3) is 0.154. The quantitative estimate of drug-likeness (QED) is 0.812. The molecule has 1 aromatic heterocycles. The topological polar surface area (TPSA) is 49.8 Å². The Labute approximate surface area is 99.0 Å². The molecule has 1 aromatic carbocycles. The van der Waals surface area contributed by atoms with Crippen LogP contribution in [0.5, 0.6) is 0 Å². The number of nitrogens with zero attached hydrogens (tertiary/aromatic N) is 1. The van der Waals surface area contributed by atoms with Gasteiger partial charge in [0.1, 0.15) is 11.1 Å². The Morgan fingerprint density at radius 3 is 2.62 bits per heavy atom. The number of hydrogen-bond donors (Lipinski definition) is 1. The number of nitriles is 1. The number of benzene rings is 1. The van der Waals surface area contributed by atoms with Crippen molar-refractivity contribution < 1.29 is 0 Å². The van der Waals surface area contributed by atoms with Crippen LogP contribution < -0.4 is 5.73 Å². The van der Waals surface area contributed by atoms with Crippen LogP contribution in [0.15, 0.2) is 23.6 Å². The smallest absolute Gasteiger partial charge is 0.104 e. The Morgan fingerprint density at radius 1 is 1.25 bits per heavy atom. The molecule has 3 heteroatoms. The maximum absolute atomic E-state index is 9.05. The molecular weight excluding hydrogens is 216 g/mol. The van der Waals surface area contributed by atoms with Gasteiger partial charge in [0.15, 0.2) is 0 Å². The molecule has 2 nitrogen and oxygen atoms in total. The predicted molar refractivity (Wildman–Crippen MR) is 68.4 cm³/mol. The highest BCUT2D eigenvalue weighted by atomic mass is 32.1. The number of aryl methyl sites for hydroxylation is 2. The summed E-state index contributed by atoms with van der Waals surface area (Å²) in [4.78, 5) is 0. The Hall–Kier alpha value is -1.79. The molecule has 0 atom stereocenters. The Kier molecular flexibility index (Phi) is 2.67. The number of nitrogens with two attached hydrogens (primary N) is 1. The average molecular weight is 228 g/mol. The van der Waals surface area contributed by atoms with Crippen LogP contribution in [-0.4, -0.2) is 0 Å². The van der Waals surface area contributed by atoms with E-state index in [1.165, 1.54) is 22.5 Å². The molecule has 0 saturated carbocycles. The van der Waals surface area contributed by atoms with Gasteiger partial charge in [-0.3, -0.25) is 0 Å². The standard InChI is InChI=1S/C13H12N2S/c1-8-3-4-10(5-9(8)2)12-7-16-13(15)11(12)6-14/h3-5,7H,15H2,1-2H3. The van der Waals surface area contributed by atoms with Crippen LogP contribution in [-0.2, 0) is 0 Å². The first-order chi connectivity index (χ1) is 7.63. The first kappa shape index (κ1) is 10.7. The highest BCUT2D eigenvalue weighted by Crippen LogP contribution is 2.33. The van der Waals surface area contributed by atoms with Gasteiger partial charge in [-0.1, -0.05) is 18.2 Å². The summed E-state index contributed by atoms with van der Waals surface area (Å²) in [7, 11) is 0. The lowest BCUT2D eigenvalue weighted by Crippen LogP contribution is -1.87. The van der Waals surface area contributed by atoms with E-state index >= 15 is 0 Å². The van der Waals surface area contributed by atoms with Crippen LogP contribution in [0.4, 0.5) is 5.00 Å². The molecule has 0 aliphatic heterocycles. The van der Waals surface area contributed by atoms with Gasteiger partial charge >= 0.3 is 0 Å². The van der Waals surface area contributed by atoms with Crippen LogP contribution in [0.25, 0.3) is 11.1 Å².